The average Bonchev–Trinajstić information content (AvgIpc) is 2.99. The van der Waals surface area contributed by atoms with E-state index in [0.29, 0.717) is 12.3 Å². The molecule has 1 aliphatic rings. The summed E-state index contributed by atoms with van der Waals surface area (Å²) in [5.41, 5.74) is 1.10. The maximum atomic E-state index is 12.2. The maximum Gasteiger partial charge on any atom is 0.273 e. The fraction of sp³-hybridized carbons (Fsp3) is 0.375. The van der Waals surface area contributed by atoms with Crippen molar-refractivity contribution in [2.75, 3.05) is 12.8 Å². The molecule has 1 aromatic heterocycles. The van der Waals surface area contributed by atoms with Crippen LogP contribution in [0.4, 0.5) is 0 Å². The summed E-state index contributed by atoms with van der Waals surface area (Å²) < 4.78 is 29.8. The molecule has 7 nitrogen and oxygen atoms in total. The highest BCUT2D eigenvalue weighted by Gasteiger charge is 2.31. The van der Waals surface area contributed by atoms with Gasteiger partial charge in [0.1, 0.15) is 0 Å². The molecule has 1 saturated carbocycles. The lowest BCUT2D eigenvalue weighted by molar-refractivity contribution is 0.0882. The summed E-state index contributed by atoms with van der Waals surface area (Å²) in [6.07, 6.45) is 2.63. The van der Waals surface area contributed by atoms with Gasteiger partial charge < -0.3 is 9.84 Å². The number of nitrogens with zero attached hydrogens (tertiary/aromatic N) is 1. The van der Waals surface area contributed by atoms with Crippen LogP contribution in [0.2, 0.25) is 0 Å². The Morgan fingerprint density at radius 3 is 2.67 bits per heavy atom. The highest BCUT2D eigenvalue weighted by atomic mass is 32.2. The summed E-state index contributed by atoms with van der Waals surface area (Å²) in [7, 11) is -3.16. The molecule has 24 heavy (non-hydrogen) atoms. The molecule has 0 aliphatic heterocycles. The molecule has 128 valence electrons. The molecule has 0 atom stereocenters. The molecular formula is C16H19N3O4S. The highest BCUT2D eigenvalue weighted by molar-refractivity contribution is 7.88. The van der Waals surface area contributed by atoms with Gasteiger partial charge in [0.15, 0.2) is 11.5 Å². The standard InChI is InChI=1S/C16H19N3O4S/c1-24(21,22)17-10-11-7-13(8-11)18-16(20)14-9-15(23-19-14)12-5-3-2-4-6-12/h2-6,9,11,13,17H,7-8,10H2,1H3,(H,18,20)/t11-,13+. The SMILES string of the molecule is CS(=O)(=O)NC[C@H]1C[C@@H](NC(=O)c2cc(-c3ccccc3)on2)C1. The second-order valence-corrected chi connectivity index (χ2v) is 7.90. The number of amides is 1. The Morgan fingerprint density at radius 1 is 1.29 bits per heavy atom. The molecule has 0 bridgehead atoms. The summed E-state index contributed by atoms with van der Waals surface area (Å²) in [5.74, 6) is 0.521. The minimum Gasteiger partial charge on any atom is -0.355 e. The van der Waals surface area contributed by atoms with E-state index in [1.807, 2.05) is 30.3 Å². The van der Waals surface area contributed by atoms with Crippen molar-refractivity contribution in [3.63, 3.8) is 0 Å². The third kappa shape index (κ3) is 4.21. The zero-order valence-corrected chi connectivity index (χ0v) is 14.0. The molecular weight excluding hydrogens is 330 g/mol. The van der Waals surface area contributed by atoms with Gasteiger partial charge in [0.2, 0.25) is 10.0 Å². The number of hydrogen-bond donors (Lipinski definition) is 2. The zero-order chi connectivity index (χ0) is 17.2. The van der Waals surface area contributed by atoms with Crippen molar-refractivity contribution in [3.05, 3.63) is 42.1 Å². The first-order valence-corrected chi connectivity index (χ1v) is 9.57. The molecule has 0 saturated heterocycles. The van der Waals surface area contributed by atoms with Crippen molar-refractivity contribution < 1.29 is 17.7 Å². The second kappa shape index (κ2) is 6.74. The second-order valence-electron chi connectivity index (χ2n) is 6.07. The van der Waals surface area contributed by atoms with Crippen molar-refractivity contribution >= 4 is 15.9 Å². The molecule has 2 N–H and O–H groups in total. The molecule has 0 radical (unpaired) electrons. The van der Waals surface area contributed by atoms with Crippen LogP contribution in [0.3, 0.4) is 0 Å². The molecule has 1 amide bonds. The van der Waals surface area contributed by atoms with E-state index in [9.17, 15) is 13.2 Å². The van der Waals surface area contributed by atoms with Crippen LogP contribution in [0.15, 0.2) is 40.9 Å². The summed E-state index contributed by atoms with van der Waals surface area (Å²) in [5, 5.41) is 6.70. The Labute approximate surface area is 140 Å². The maximum absolute atomic E-state index is 12.2. The zero-order valence-electron chi connectivity index (χ0n) is 13.2. The van der Waals surface area contributed by atoms with Gasteiger partial charge in [-0.1, -0.05) is 35.5 Å². The predicted octanol–water partition coefficient (Wildman–Crippen LogP) is 1.40. The summed E-state index contributed by atoms with van der Waals surface area (Å²) in [4.78, 5) is 12.2. The first-order chi connectivity index (χ1) is 11.4. The Hall–Kier alpha value is -2.19. The van der Waals surface area contributed by atoms with Crippen molar-refractivity contribution in [3.8, 4) is 11.3 Å². The van der Waals surface area contributed by atoms with Gasteiger partial charge in [0, 0.05) is 24.2 Å². The van der Waals surface area contributed by atoms with Gasteiger partial charge in [-0.15, -0.1) is 0 Å². The van der Waals surface area contributed by atoms with Gasteiger partial charge in [-0.05, 0) is 18.8 Å². The van der Waals surface area contributed by atoms with Gasteiger partial charge in [-0.25, -0.2) is 13.1 Å². The van der Waals surface area contributed by atoms with Gasteiger partial charge in [-0.3, -0.25) is 4.79 Å². The van der Waals surface area contributed by atoms with E-state index in [-0.39, 0.29) is 23.6 Å². The summed E-state index contributed by atoms with van der Waals surface area (Å²) in [6.45, 7) is 0.410. The topological polar surface area (TPSA) is 101 Å². The van der Waals surface area contributed by atoms with Crippen LogP contribution in [-0.2, 0) is 10.0 Å². The van der Waals surface area contributed by atoms with Gasteiger partial charge in [0.25, 0.3) is 5.91 Å². The van der Waals surface area contributed by atoms with E-state index >= 15 is 0 Å². The van der Waals surface area contributed by atoms with E-state index < -0.39 is 10.0 Å². The first kappa shape index (κ1) is 16.7. The number of benzene rings is 1. The molecule has 3 rings (SSSR count). The van der Waals surface area contributed by atoms with E-state index in [4.69, 9.17) is 4.52 Å². The Morgan fingerprint density at radius 2 is 2.00 bits per heavy atom. The van der Waals surface area contributed by atoms with Crippen molar-refractivity contribution in [1.29, 1.82) is 0 Å². The predicted molar refractivity (Wildman–Crippen MR) is 88.8 cm³/mol. The Balaban J connectivity index is 1.50. The largest absolute Gasteiger partial charge is 0.355 e. The van der Waals surface area contributed by atoms with Crippen LogP contribution in [0.1, 0.15) is 23.3 Å². The normalized spacial score (nSPS) is 20.4. The minimum atomic E-state index is -3.16. The van der Waals surface area contributed by atoms with Crippen molar-refractivity contribution in [1.82, 2.24) is 15.2 Å². The Kier molecular flexibility index (Phi) is 4.68. The monoisotopic (exact) mass is 349 g/mol. The molecule has 1 heterocycles. The molecule has 0 spiro atoms. The highest BCUT2D eigenvalue weighted by Crippen LogP contribution is 2.27. The Bertz CT molecular complexity index is 811. The summed E-state index contributed by atoms with van der Waals surface area (Å²) >= 11 is 0. The number of hydrogen-bond acceptors (Lipinski definition) is 5. The fourth-order valence-electron chi connectivity index (χ4n) is 2.67. The van der Waals surface area contributed by atoms with Gasteiger partial charge in [-0.2, -0.15) is 0 Å². The number of sulfonamides is 1. The lowest BCUT2D eigenvalue weighted by atomic mass is 9.80. The molecule has 1 aromatic carbocycles. The minimum absolute atomic E-state index is 0.0423. The van der Waals surface area contributed by atoms with E-state index in [1.54, 1.807) is 6.07 Å². The summed E-state index contributed by atoms with van der Waals surface area (Å²) in [6, 6.07) is 11.1. The van der Waals surface area contributed by atoms with E-state index in [1.165, 1.54) is 0 Å². The van der Waals surface area contributed by atoms with Crippen LogP contribution >= 0.6 is 0 Å². The van der Waals surface area contributed by atoms with E-state index in [0.717, 1.165) is 24.7 Å². The number of nitrogens with one attached hydrogen (secondary N) is 2. The number of aromatic nitrogens is 1. The van der Waals surface area contributed by atoms with Crippen molar-refractivity contribution in [2.45, 2.75) is 18.9 Å². The molecule has 1 fully saturated rings. The van der Waals surface area contributed by atoms with Crippen molar-refractivity contribution in [2.24, 2.45) is 5.92 Å². The first-order valence-electron chi connectivity index (χ1n) is 7.68. The van der Waals surface area contributed by atoms with Crippen LogP contribution in [0.25, 0.3) is 11.3 Å². The third-order valence-electron chi connectivity index (χ3n) is 4.01. The van der Waals surface area contributed by atoms with Crippen LogP contribution in [0.5, 0.6) is 0 Å². The fourth-order valence-corrected chi connectivity index (χ4v) is 3.21. The molecule has 0 unspecified atom stereocenters. The third-order valence-corrected chi connectivity index (χ3v) is 4.70. The number of carbonyl (C=O) groups is 1. The quantitative estimate of drug-likeness (QED) is 0.821. The van der Waals surface area contributed by atoms with E-state index in [2.05, 4.69) is 15.2 Å². The van der Waals surface area contributed by atoms with Gasteiger partial charge >= 0.3 is 0 Å². The van der Waals surface area contributed by atoms with Crippen LogP contribution < -0.4 is 10.0 Å². The van der Waals surface area contributed by atoms with Gasteiger partial charge in [0.05, 0.1) is 6.26 Å². The number of carbonyl (C=O) groups excluding carboxylic acids is 1. The van der Waals surface area contributed by atoms with Crippen LogP contribution in [0, 0.1) is 5.92 Å². The molecule has 2 aromatic rings. The molecule has 1 aliphatic carbocycles. The molecule has 8 heteroatoms. The lowest BCUT2D eigenvalue weighted by Gasteiger charge is -2.35. The van der Waals surface area contributed by atoms with Crippen LogP contribution in [-0.4, -0.2) is 38.3 Å². The average molecular weight is 349 g/mol. The lowest BCUT2D eigenvalue weighted by Crippen LogP contribution is -2.47. The smallest absolute Gasteiger partial charge is 0.273 e. The number of rotatable bonds is 6.